The van der Waals surface area contributed by atoms with Gasteiger partial charge in [-0.3, -0.25) is 4.90 Å². The summed E-state index contributed by atoms with van der Waals surface area (Å²) < 4.78 is 27.1. The van der Waals surface area contributed by atoms with Crippen LogP contribution >= 0.6 is 11.6 Å². The van der Waals surface area contributed by atoms with Crippen molar-refractivity contribution in [2.75, 3.05) is 6.54 Å². The van der Waals surface area contributed by atoms with Crippen molar-refractivity contribution in [2.24, 2.45) is 0 Å². The third-order valence-electron chi connectivity index (χ3n) is 3.24. The molecule has 1 saturated heterocycles. The van der Waals surface area contributed by atoms with Gasteiger partial charge < -0.3 is 10.2 Å². The average molecular weight is 292 g/mol. The Balaban J connectivity index is 2.25. The molecule has 1 aliphatic rings. The van der Waals surface area contributed by atoms with Crippen LogP contribution in [0.3, 0.4) is 0 Å². The van der Waals surface area contributed by atoms with Crippen LogP contribution in [0.1, 0.15) is 5.56 Å². The smallest absolute Gasteiger partial charge is 0.407 e. The Bertz CT molecular complexity index is 500. The van der Waals surface area contributed by atoms with E-state index in [4.69, 9.17) is 16.7 Å². The Morgan fingerprint density at radius 2 is 2.21 bits per heavy atom. The highest BCUT2D eigenvalue weighted by molar-refractivity contribution is 6.30. The van der Waals surface area contributed by atoms with E-state index >= 15 is 0 Å². The van der Waals surface area contributed by atoms with E-state index in [9.17, 15) is 18.7 Å². The van der Waals surface area contributed by atoms with Gasteiger partial charge in [0.05, 0.1) is 17.6 Å². The number of aliphatic hydroxyl groups excluding tert-OH is 1. The van der Waals surface area contributed by atoms with Crippen molar-refractivity contribution in [3.05, 3.63) is 34.6 Å². The first kappa shape index (κ1) is 14.0. The maximum atomic E-state index is 13.7. The van der Waals surface area contributed by atoms with Crippen molar-refractivity contribution in [1.82, 2.24) is 4.90 Å². The molecule has 0 radical (unpaired) electrons. The molecular formula is C12H12ClF2NO3. The van der Waals surface area contributed by atoms with Crippen LogP contribution in [0, 0.1) is 5.82 Å². The molecule has 1 aliphatic heterocycles. The van der Waals surface area contributed by atoms with E-state index in [0.717, 1.165) is 4.90 Å². The lowest BCUT2D eigenvalue weighted by Gasteiger charge is -2.23. The number of halogens is 3. The lowest BCUT2D eigenvalue weighted by atomic mass is 10.0. The number of alkyl halides is 1. The first-order valence-corrected chi connectivity index (χ1v) is 6.04. The maximum absolute atomic E-state index is 13.7. The van der Waals surface area contributed by atoms with E-state index in [-0.39, 0.29) is 17.0 Å². The van der Waals surface area contributed by atoms with Crippen molar-refractivity contribution in [3.63, 3.8) is 0 Å². The zero-order valence-electron chi connectivity index (χ0n) is 9.76. The molecule has 19 heavy (non-hydrogen) atoms. The van der Waals surface area contributed by atoms with Gasteiger partial charge in [0.25, 0.3) is 0 Å². The molecule has 0 bridgehead atoms. The van der Waals surface area contributed by atoms with Gasteiger partial charge in [-0.2, -0.15) is 0 Å². The summed E-state index contributed by atoms with van der Waals surface area (Å²) in [7, 11) is 0. The van der Waals surface area contributed by atoms with Gasteiger partial charge in [0.15, 0.2) is 0 Å². The molecule has 0 unspecified atom stereocenters. The Kier molecular flexibility index (Phi) is 3.91. The molecule has 1 amide bonds. The normalized spacial score (nSPS) is 26.7. The van der Waals surface area contributed by atoms with Crippen molar-refractivity contribution >= 4 is 17.7 Å². The predicted octanol–water partition coefficient (Wildman–Crippen LogP) is 2.08. The summed E-state index contributed by atoms with van der Waals surface area (Å²) in [5, 5.41) is 18.5. The van der Waals surface area contributed by atoms with Crippen LogP contribution in [0.2, 0.25) is 5.02 Å². The fraction of sp³-hybridized carbons (Fsp3) is 0.417. The summed E-state index contributed by atoms with van der Waals surface area (Å²) >= 11 is 5.62. The van der Waals surface area contributed by atoms with E-state index in [0.29, 0.717) is 0 Å². The molecule has 0 aliphatic carbocycles. The van der Waals surface area contributed by atoms with E-state index in [1.54, 1.807) is 0 Å². The largest absolute Gasteiger partial charge is 0.465 e. The summed E-state index contributed by atoms with van der Waals surface area (Å²) in [6.07, 6.45) is -4.59. The number of aliphatic hydroxyl groups is 1. The van der Waals surface area contributed by atoms with E-state index in [1.807, 2.05) is 0 Å². The molecule has 0 spiro atoms. The molecule has 104 valence electrons. The van der Waals surface area contributed by atoms with Crippen molar-refractivity contribution in [3.8, 4) is 0 Å². The second-order valence-corrected chi connectivity index (χ2v) is 4.83. The van der Waals surface area contributed by atoms with Gasteiger partial charge in [-0.15, -0.1) is 0 Å². The van der Waals surface area contributed by atoms with Gasteiger partial charge in [0, 0.05) is 0 Å². The molecule has 7 heteroatoms. The van der Waals surface area contributed by atoms with E-state index in [1.165, 1.54) is 18.2 Å². The standard InChI is InChI=1S/C12H12ClF2NO3/c13-7-3-1-2-6(10(7)15)4-9-11(17)8(14)5-16(9)12(18)19/h1-3,8-9,11,17H,4-5H2,(H,18,19)/t8-,9-,11+/m0/s1. The summed E-state index contributed by atoms with van der Waals surface area (Å²) in [6.45, 7) is -0.413. The minimum absolute atomic E-state index is 0.0938. The highest BCUT2D eigenvalue weighted by Crippen LogP contribution is 2.27. The quantitative estimate of drug-likeness (QED) is 0.877. The highest BCUT2D eigenvalue weighted by Gasteiger charge is 2.43. The minimum atomic E-state index is -1.66. The number of amides is 1. The zero-order valence-corrected chi connectivity index (χ0v) is 10.5. The van der Waals surface area contributed by atoms with Crippen LogP contribution in [-0.2, 0) is 6.42 Å². The fourth-order valence-electron chi connectivity index (χ4n) is 2.24. The van der Waals surface area contributed by atoms with Crippen LogP contribution in [0.25, 0.3) is 0 Å². The van der Waals surface area contributed by atoms with Crippen LogP contribution in [0.15, 0.2) is 18.2 Å². The molecule has 1 heterocycles. The number of hydrogen-bond acceptors (Lipinski definition) is 2. The highest BCUT2D eigenvalue weighted by atomic mass is 35.5. The second kappa shape index (κ2) is 5.30. The SMILES string of the molecule is O=C(O)N1C[C@H](F)[C@@H](O)[C@@H]1Cc1cccc(Cl)c1F. The molecule has 0 aromatic heterocycles. The van der Waals surface area contributed by atoms with Gasteiger partial charge in [-0.05, 0) is 18.1 Å². The lowest BCUT2D eigenvalue weighted by Crippen LogP contribution is -2.40. The summed E-state index contributed by atoms with van der Waals surface area (Å²) in [5.74, 6) is -0.677. The van der Waals surface area contributed by atoms with Crippen molar-refractivity contribution in [1.29, 1.82) is 0 Å². The molecule has 2 rings (SSSR count). The topological polar surface area (TPSA) is 60.8 Å². The van der Waals surface area contributed by atoms with Crippen LogP contribution < -0.4 is 0 Å². The number of carbonyl (C=O) groups is 1. The van der Waals surface area contributed by atoms with Gasteiger partial charge in [0.1, 0.15) is 18.1 Å². The Morgan fingerprint density at radius 1 is 1.53 bits per heavy atom. The molecule has 1 fully saturated rings. The Morgan fingerprint density at radius 3 is 2.84 bits per heavy atom. The average Bonchev–Trinajstić information content (AvgIpc) is 2.63. The van der Waals surface area contributed by atoms with Crippen LogP contribution in [0.4, 0.5) is 13.6 Å². The number of benzene rings is 1. The van der Waals surface area contributed by atoms with Crippen LogP contribution in [-0.4, -0.2) is 46.1 Å². The molecule has 1 aromatic carbocycles. The fourth-order valence-corrected chi connectivity index (χ4v) is 2.43. The van der Waals surface area contributed by atoms with Gasteiger partial charge >= 0.3 is 6.09 Å². The number of hydrogen-bond donors (Lipinski definition) is 2. The third-order valence-corrected chi connectivity index (χ3v) is 3.53. The Hall–Kier alpha value is -1.40. The van der Waals surface area contributed by atoms with E-state index in [2.05, 4.69) is 0 Å². The summed E-state index contributed by atoms with van der Waals surface area (Å²) in [5.41, 5.74) is 0.150. The van der Waals surface area contributed by atoms with Gasteiger partial charge in [0.2, 0.25) is 0 Å². The van der Waals surface area contributed by atoms with Crippen LogP contribution in [0.5, 0.6) is 0 Å². The van der Waals surface area contributed by atoms with Crippen molar-refractivity contribution < 1.29 is 23.8 Å². The molecule has 1 aromatic rings. The number of likely N-dealkylation sites (tertiary alicyclic amines) is 1. The minimum Gasteiger partial charge on any atom is -0.465 e. The summed E-state index contributed by atoms with van der Waals surface area (Å²) in [6, 6.07) is 3.29. The maximum Gasteiger partial charge on any atom is 0.407 e. The molecule has 3 atom stereocenters. The first-order valence-electron chi connectivity index (χ1n) is 5.66. The second-order valence-electron chi connectivity index (χ2n) is 4.43. The lowest BCUT2D eigenvalue weighted by molar-refractivity contribution is 0.0764. The number of rotatable bonds is 2. The van der Waals surface area contributed by atoms with E-state index < -0.39 is 36.8 Å². The third kappa shape index (κ3) is 2.64. The summed E-state index contributed by atoms with van der Waals surface area (Å²) in [4.78, 5) is 11.8. The predicted molar refractivity (Wildman–Crippen MR) is 64.5 cm³/mol. The zero-order chi connectivity index (χ0) is 14.2. The number of carboxylic acid groups (broad SMARTS) is 1. The van der Waals surface area contributed by atoms with Gasteiger partial charge in [-0.25, -0.2) is 13.6 Å². The first-order chi connectivity index (χ1) is 8.91. The molecule has 0 saturated carbocycles. The number of nitrogens with zero attached hydrogens (tertiary/aromatic N) is 1. The Labute approximate surface area is 113 Å². The van der Waals surface area contributed by atoms with Crippen molar-refractivity contribution in [2.45, 2.75) is 24.7 Å². The molecule has 2 N–H and O–H groups in total. The monoisotopic (exact) mass is 291 g/mol. The van der Waals surface area contributed by atoms with Gasteiger partial charge in [-0.1, -0.05) is 23.7 Å². The molecule has 4 nitrogen and oxygen atoms in total. The molecular weight excluding hydrogens is 280 g/mol.